The van der Waals surface area contributed by atoms with Gasteiger partial charge in [-0.25, -0.2) is 0 Å². The van der Waals surface area contributed by atoms with Gasteiger partial charge >= 0.3 is 11.9 Å². The molecule has 1 aromatic carbocycles. The quantitative estimate of drug-likeness (QED) is 0.589. The van der Waals surface area contributed by atoms with Gasteiger partial charge in [0.25, 0.3) is 0 Å². The lowest BCUT2D eigenvalue weighted by Gasteiger charge is -2.22. The van der Waals surface area contributed by atoms with Crippen molar-refractivity contribution in [2.24, 2.45) is 0 Å². The Hall–Kier alpha value is -1.84. The summed E-state index contributed by atoms with van der Waals surface area (Å²) < 4.78 is 5.01. The third kappa shape index (κ3) is 1.98. The minimum Gasteiger partial charge on any atom is -0.481 e. The Kier molecular flexibility index (Phi) is 2.41. The van der Waals surface area contributed by atoms with Crippen LogP contribution in [-0.4, -0.2) is 17.0 Å². The highest BCUT2D eigenvalue weighted by molar-refractivity contribution is 5.78. The first-order chi connectivity index (χ1) is 7.16. The summed E-state index contributed by atoms with van der Waals surface area (Å²) in [4.78, 5) is 21.8. The predicted octanol–water partition coefficient (Wildman–Crippen LogP) is 1.55. The number of carbonyl (C=O) groups is 2. The zero-order valence-electron chi connectivity index (χ0n) is 7.97. The standard InChI is InChI=1S/C11H10O4/c12-10(13)5-7-6-11(14)15-9-4-2-1-3-8(7)9/h1-4,7H,5-6H2,(H,12,13)/t7-/m1/s1. The van der Waals surface area contributed by atoms with Crippen LogP contribution in [0.15, 0.2) is 24.3 Å². The highest BCUT2D eigenvalue weighted by Gasteiger charge is 2.28. The van der Waals surface area contributed by atoms with Crippen LogP contribution in [0.3, 0.4) is 0 Å². The van der Waals surface area contributed by atoms with Crippen molar-refractivity contribution in [3.8, 4) is 5.75 Å². The number of hydrogen-bond acceptors (Lipinski definition) is 3. The molecule has 1 atom stereocenters. The Labute approximate surface area is 86.5 Å². The first kappa shape index (κ1) is 9.71. The van der Waals surface area contributed by atoms with Gasteiger partial charge in [0.05, 0.1) is 12.8 Å². The number of carboxylic acids is 1. The summed E-state index contributed by atoms with van der Waals surface area (Å²) in [6, 6.07) is 7.05. The molecule has 15 heavy (non-hydrogen) atoms. The number of rotatable bonds is 2. The maximum absolute atomic E-state index is 11.2. The van der Waals surface area contributed by atoms with E-state index in [9.17, 15) is 9.59 Å². The van der Waals surface area contributed by atoms with E-state index < -0.39 is 5.97 Å². The second-order valence-electron chi connectivity index (χ2n) is 3.51. The third-order valence-electron chi connectivity index (χ3n) is 2.42. The predicted molar refractivity (Wildman–Crippen MR) is 51.7 cm³/mol. The highest BCUT2D eigenvalue weighted by atomic mass is 16.5. The van der Waals surface area contributed by atoms with Crippen molar-refractivity contribution in [1.82, 2.24) is 0 Å². The van der Waals surface area contributed by atoms with Gasteiger partial charge < -0.3 is 9.84 Å². The van der Waals surface area contributed by atoms with Crippen molar-refractivity contribution in [3.05, 3.63) is 29.8 Å². The fourth-order valence-electron chi connectivity index (χ4n) is 1.78. The molecule has 0 radical (unpaired) electrons. The number of carbonyl (C=O) groups excluding carboxylic acids is 1. The van der Waals surface area contributed by atoms with E-state index in [4.69, 9.17) is 9.84 Å². The summed E-state index contributed by atoms with van der Waals surface area (Å²) in [6.45, 7) is 0. The highest BCUT2D eigenvalue weighted by Crippen LogP contribution is 2.35. The van der Waals surface area contributed by atoms with Crippen molar-refractivity contribution in [2.45, 2.75) is 18.8 Å². The Morgan fingerprint density at radius 2 is 2.20 bits per heavy atom. The number of carboxylic acid groups (broad SMARTS) is 1. The number of aliphatic carboxylic acids is 1. The van der Waals surface area contributed by atoms with Gasteiger partial charge in [-0.2, -0.15) is 0 Å². The smallest absolute Gasteiger partial charge is 0.311 e. The molecule has 4 heteroatoms. The molecule has 0 bridgehead atoms. The molecule has 0 unspecified atom stereocenters. The Bertz CT molecular complexity index is 411. The average molecular weight is 206 g/mol. The molecule has 1 N–H and O–H groups in total. The summed E-state index contributed by atoms with van der Waals surface area (Å²) in [5.74, 6) is -1.04. The summed E-state index contributed by atoms with van der Waals surface area (Å²) in [5.41, 5.74) is 0.805. The van der Waals surface area contributed by atoms with Gasteiger partial charge in [0, 0.05) is 5.92 Å². The number of fused-ring (bicyclic) bond motifs is 1. The van der Waals surface area contributed by atoms with Gasteiger partial charge in [-0.1, -0.05) is 18.2 Å². The molecule has 1 aromatic rings. The first-order valence-electron chi connectivity index (χ1n) is 4.68. The fraction of sp³-hybridized carbons (Fsp3) is 0.273. The van der Waals surface area contributed by atoms with Gasteiger partial charge in [0.1, 0.15) is 5.75 Å². The molecule has 0 spiro atoms. The van der Waals surface area contributed by atoms with Gasteiger partial charge in [0.2, 0.25) is 0 Å². The second kappa shape index (κ2) is 3.73. The lowest BCUT2D eigenvalue weighted by molar-refractivity contribution is -0.139. The van der Waals surface area contributed by atoms with Crippen molar-refractivity contribution in [3.63, 3.8) is 0 Å². The number of ether oxygens (including phenoxy) is 1. The van der Waals surface area contributed by atoms with Crippen molar-refractivity contribution in [1.29, 1.82) is 0 Å². The monoisotopic (exact) mass is 206 g/mol. The summed E-state index contributed by atoms with van der Waals surface area (Å²) in [7, 11) is 0. The van der Waals surface area contributed by atoms with Crippen molar-refractivity contribution < 1.29 is 19.4 Å². The summed E-state index contributed by atoms with van der Waals surface area (Å²) >= 11 is 0. The molecule has 0 fully saturated rings. The van der Waals surface area contributed by atoms with Crippen LogP contribution in [0, 0.1) is 0 Å². The lowest BCUT2D eigenvalue weighted by atomic mass is 9.90. The molecule has 1 aliphatic heterocycles. The molecular formula is C11H10O4. The van der Waals surface area contributed by atoms with Gasteiger partial charge in [0.15, 0.2) is 0 Å². The molecule has 4 nitrogen and oxygen atoms in total. The topological polar surface area (TPSA) is 63.6 Å². The second-order valence-corrected chi connectivity index (χ2v) is 3.51. The van der Waals surface area contributed by atoms with E-state index >= 15 is 0 Å². The maximum atomic E-state index is 11.2. The van der Waals surface area contributed by atoms with Crippen molar-refractivity contribution >= 4 is 11.9 Å². The first-order valence-corrected chi connectivity index (χ1v) is 4.68. The van der Waals surface area contributed by atoms with Crippen LogP contribution in [0.1, 0.15) is 24.3 Å². The largest absolute Gasteiger partial charge is 0.481 e. The molecule has 0 saturated carbocycles. The van der Waals surface area contributed by atoms with Gasteiger partial charge in [-0.15, -0.1) is 0 Å². The molecule has 1 aliphatic rings. The van der Waals surface area contributed by atoms with E-state index in [1.807, 2.05) is 6.07 Å². The number of para-hydroxylation sites is 1. The zero-order chi connectivity index (χ0) is 10.8. The van der Waals surface area contributed by atoms with E-state index in [1.165, 1.54) is 0 Å². The van der Waals surface area contributed by atoms with Crippen LogP contribution in [0.4, 0.5) is 0 Å². The third-order valence-corrected chi connectivity index (χ3v) is 2.42. The van der Waals surface area contributed by atoms with Crippen LogP contribution in [0.5, 0.6) is 5.75 Å². The SMILES string of the molecule is O=C(O)C[C@@H]1CC(=O)Oc2ccccc21. The van der Waals surface area contributed by atoms with Gasteiger partial charge in [-0.3, -0.25) is 9.59 Å². The zero-order valence-corrected chi connectivity index (χ0v) is 7.97. The normalized spacial score (nSPS) is 19.2. The minimum absolute atomic E-state index is 0.0356. The molecule has 0 aromatic heterocycles. The molecule has 0 saturated heterocycles. The molecule has 1 heterocycles. The van der Waals surface area contributed by atoms with E-state index in [0.29, 0.717) is 5.75 Å². The average Bonchev–Trinajstić information content (AvgIpc) is 2.16. The van der Waals surface area contributed by atoms with Gasteiger partial charge in [-0.05, 0) is 11.6 Å². The van der Waals surface area contributed by atoms with Crippen LogP contribution >= 0.6 is 0 Å². The molecule has 78 valence electrons. The Morgan fingerprint density at radius 3 is 2.93 bits per heavy atom. The Balaban J connectivity index is 2.33. The fourth-order valence-corrected chi connectivity index (χ4v) is 1.78. The molecule has 0 aliphatic carbocycles. The Morgan fingerprint density at radius 1 is 1.47 bits per heavy atom. The van der Waals surface area contributed by atoms with E-state index in [2.05, 4.69) is 0 Å². The van der Waals surface area contributed by atoms with Crippen LogP contribution < -0.4 is 4.74 Å². The van der Waals surface area contributed by atoms with Crippen LogP contribution in [0.2, 0.25) is 0 Å². The van der Waals surface area contributed by atoms with Crippen LogP contribution in [-0.2, 0) is 9.59 Å². The molecular weight excluding hydrogens is 196 g/mol. The summed E-state index contributed by atoms with van der Waals surface area (Å²) in [5, 5.41) is 8.73. The maximum Gasteiger partial charge on any atom is 0.311 e. The van der Waals surface area contributed by atoms with Crippen molar-refractivity contribution in [2.75, 3.05) is 0 Å². The van der Waals surface area contributed by atoms with Crippen LogP contribution in [0.25, 0.3) is 0 Å². The number of benzene rings is 1. The molecule has 0 amide bonds. The minimum atomic E-state index is -0.899. The van der Waals surface area contributed by atoms with E-state index in [-0.39, 0.29) is 24.7 Å². The summed E-state index contributed by atoms with van der Waals surface area (Å²) in [6.07, 6.45) is 0.107. The number of esters is 1. The lowest BCUT2D eigenvalue weighted by Crippen LogP contribution is -2.21. The number of hydrogen-bond donors (Lipinski definition) is 1. The van der Waals surface area contributed by atoms with E-state index in [1.54, 1.807) is 18.2 Å². The van der Waals surface area contributed by atoms with E-state index in [0.717, 1.165) is 5.56 Å². The molecule has 2 rings (SSSR count).